The van der Waals surface area contributed by atoms with E-state index in [9.17, 15) is 4.79 Å². The van der Waals surface area contributed by atoms with Gasteiger partial charge in [0.2, 0.25) is 0 Å². The minimum Gasteiger partial charge on any atom is -0.478 e. The van der Waals surface area contributed by atoms with Crippen molar-refractivity contribution in [2.45, 2.75) is 33.0 Å². The predicted molar refractivity (Wildman–Crippen MR) is 72.3 cm³/mol. The molecule has 19 heavy (non-hydrogen) atoms. The first-order chi connectivity index (χ1) is 8.88. The van der Waals surface area contributed by atoms with E-state index in [1.807, 2.05) is 6.07 Å². The summed E-state index contributed by atoms with van der Waals surface area (Å²) in [6, 6.07) is 6.92. The van der Waals surface area contributed by atoms with E-state index in [0.29, 0.717) is 12.2 Å². The normalized spacial score (nSPS) is 13.1. The van der Waals surface area contributed by atoms with Crippen molar-refractivity contribution < 1.29 is 24.9 Å². The average Bonchev–Trinajstić information content (AvgIpc) is 2.36. The number of aliphatic hydroxyl groups is 2. The van der Waals surface area contributed by atoms with E-state index in [-0.39, 0.29) is 12.7 Å². The van der Waals surface area contributed by atoms with Gasteiger partial charge in [-0.05, 0) is 32.4 Å². The van der Waals surface area contributed by atoms with Gasteiger partial charge in [0.05, 0.1) is 31.0 Å². The number of aromatic carboxylic acids is 1. The van der Waals surface area contributed by atoms with Gasteiger partial charge >= 0.3 is 5.97 Å². The maximum absolute atomic E-state index is 10.4. The lowest BCUT2D eigenvalue weighted by Crippen LogP contribution is -2.19. The van der Waals surface area contributed by atoms with Crippen LogP contribution in [0.1, 0.15) is 29.8 Å². The molecule has 108 valence electrons. The number of carboxylic acids is 1. The first-order valence-electron chi connectivity index (χ1n) is 6.08. The second-order valence-electron chi connectivity index (χ2n) is 4.30. The van der Waals surface area contributed by atoms with Crippen LogP contribution in [-0.4, -0.2) is 46.7 Å². The SMILES string of the molecule is CC(O)COC(C)CO.Cc1ccccc1C(=O)O. The summed E-state index contributed by atoms with van der Waals surface area (Å²) in [4.78, 5) is 10.4. The first kappa shape index (κ1) is 17.6. The Morgan fingerprint density at radius 2 is 1.89 bits per heavy atom. The number of aliphatic hydroxyl groups excluding tert-OH is 2. The molecule has 0 aliphatic rings. The van der Waals surface area contributed by atoms with Gasteiger partial charge in [0.25, 0.3) is 0 Å². The smallest absolute Gasteiger partial charge is 0.335 e. The van der Waals surface area contributed by atoms with Crippen molar-refractivity contribution in [1.82, 2.24) is 0 Å². The number of ether oxygens (including phenoxy) is 1. The van der Waals surface area contributed by atoms with Crippen LogP contribution in [0.25, 0.3) is 0 Å². The highest BCUT2D eigenvalue weighted by Gasteiger charge is 2.03. The van der Waals surface area contributed by atoms with Crippen LogP contribution in [0.4, 0.5) is 0 Å². The van der Waals surface area contributed by atoms with Crippen molar-refractivity contribution in [2.24, 2.45) is 0 Å². The molecule has 2 unspecified atom stereocenters. The molecule has 1 rings (SSSR count). The highest BCUT2D eigenvalue weighted by molar-refractivity contribution is 5.89. The van der Waals surface area contributed by atoms with Crippen molar-refractivity contribution in [3.63, 3.8) is 0 Å². The summed E-state index contributed by atoms with van der Waals surface area (Å²) in [5.74, 6) is -0.863. The largest absolute Gasteiger partial charge is 0.478 e. The Bertz CT molecular complexity index is 376. The molecule has 2 atom stereocenters. The Kier molecular flexibility index (Phi) is 8.78. The van der Waals surface area contributed by atoms with Crippen LogP contribution >= 0.6 is 0 Å². The molecule has 0 saturated heterocycles. The lowest BCUT2D eigenvalue weighted by molar-refractivity contribution is -0.0177. The van der Waals surface area contributed by atoms with E-state index in [4.69, 9.17) is 20.1 Å². The van der Waals surface area contributed by atoms with Gasteiger partial charge < -0.3 is 20.1 Å². The average molecular weight is 270 g/mol. The topological polar surface area (TPSA) is 87.0 Å². The van der Waals surface area contributed by atoms with Crippen LogP contribution in [-0.2, 0) is 4.74 Å². The quantitative estimate of drug-likeness (QED) is 0.754. The molecule has 3 N–H and O–H groups in total. The molecule has 1 aromatic carbocycles. The van der Waals surface area contributed by atoms with E-state index in [1.165, 1.54) is 0 Å². The molecule has 0 aromatic heterocycles. The molecule has 5 nitrogen and oxygen atoms in total. The summed E-state index contributed by atoms with van der Waals surface area (Å²) in [6.07, 6.45) is -0.612. The molecule has 0 radical (unpaired) electrons. The third-order valence-electron chi connectivity index (χ3n) is 2.25. The number of rotatable bonds is 5. The second-order valence-corrected chi connectivity index (χ2v) is 4.30. The van der Waals surface area contributed by atoms with E-state index < -0.39 is 12.1 Å². The van der Waals surface area contributed by atoms with Crippen molar-refractivity contribution in [1.29, 1.82) is 0 Å². The number of aryl methyl sites for hydroxylation is 1. The molecule has 0 aliphatic carbocycles. The summed E-state index contributed by atoms with van der Waals surface area (Å²) in [5, 5.41) is 25.7. The van der Waals surface area contributed by atoms with Gasteiger partial charge in [-0.25, -0.2) is 4.79 Å². The van der Waals surface area contributed by atoms with Gasteiger partial charge in [0.1, 0.15) is 0 Å². The number of benzene rings is 1. The van der Waals surface area contributed by atoms with E-state index in [0.717, 1.165) is 5.56 Å². The Morgan fingerprint density at radius 3 is 2.26 bits per heavy atom. The maximum atomic E-state index is 10.4. The van der Waals surface area contributed by atoms with Crippen LogP contribution in [0.5, 0.6) is 0 Å². The molecule has 0 fully saturated rings. The Morgan fingerprint density at radius 1 is 1.32 bits per heavy atom. The van der Waals surface area contributed by atoms with E-state index >= 15 is 0 Å². The van der Waals surface area contributed by atoms with Crippen LogP contribution in [0.2, 0.25) is 0 Å². The zero-order valence-electron chi connectivity index (χ0n) is 11.5. The van der Waals surface area contributed by atoms with Crippen LogP contribution in [0.3, 0.4) is 0 Å². The Labute approximate surface area is 113 Å². The summed E-state index contributed by atoms with van der Waals surface area (Å²) in [7, 11) is 0. The molecule has 0 amide bonds. The fourth-order valence-electron chi connectivity index (χ4n) is 1.17. The zero-order chi connectivity index (χ0) is 14.8. The van der Waals surface area contributed by atoms with Crippen molar-refractivity contribution >= 4 is 5.97 Å². The van der Waals surface area contributed by atoms with Gasteiger partial charge in [0, 0.05) is 0 Å². The molecule has 0 heterocycles. The standard InChI is InChI=1S/C8H8O2.C6H14O3/c1-6-4-2-3-5-7(6)8(9)10;1-5(8)4-9-6(2)3-7/h2-5H,1H3,(H,9,10);5-8H,3-4H2,1-2H3. The lowest BCUT2D eigenvalue weighted by atomic mass is 10.1. The van der Waals surface area contributed by atoms with Crippen LogP contribution in [0.15, 0.2) is 24.3 Å². The highest BCUT2D eigenvalue weighted by atomic mass is 16.5. The van der Waals surface area contributed by atoms with E-state index in [2.05, 4.69) is 0 Å². The van der Waals surface area contributed by atoms with E-state index in [1.54, 1.807) is 39.0 Å². The Balaban J connectivity index is 0.000000344. The van der Waals surface area contributed by atoms with Gasteiger partial charge in [-0.2, -0.15) is 0 Å². The third-order valence-corrected chi connectivity index (χ3v) is 2.25. The maximum Gasteiger partial charge on any atom is 0.335 e. The lowest BCUT2D eigenvalue weighted by Gasteiger charge is -2.10. The summed E-state index contributed by atoms with van der Waals surface area (Å²) < 4.78 is 4.95. The summed E-state index contributed by atoms with van der Waals surface area (Å²) in [5.41, 5.74) is 1.18. The number of carbonyl (C=O) groups is 1. The Hall–Kier alpha value is -1.43. The van der Waals surface area contributed by atoms with Gasteiger partial charge in [-0.15, -0.1) is 0 Å². The van der Waals surface area contributed by atoms with Crippen molar-refractivity contribution in [3.05, 3.63) is 35.4 Å². The van der Waals surface area contributed by atoms with Gasteiger partial charge in [-0.1, -0.05) is 18.2 Å². The minimum absolute atomic E-state index is 0.00667. The molecular weight excluding hydrogens is 248 g/mol. The second kappa shape index (κ2) is 9.49. The van der Waals surface area contributed by atoms with Gasteiger partial charge in [0.15, 0.2) is 0 Å². The fourth-order valence-corrected chi connectivity index (χ4v) is 1.17. The first-order valence-corrected chi connectivity index (χ1v) is 6.08. The third kappa shape index (κ3) is 8.31. The molecular formula is C14H22O5. The molecule has 1 aromatic rings. The molecule has 0 aliphatic heterocycles. The van der Waals surface area contributed by atoms with Crippen molar-refractivity contribution in [3.8, 4) is 0 Å². The van der Waals surface area contributed by atoms with Crippen LogP contribution < -0.4 is 0 Å². The molecule has 5 heteroatoms. The van der Waals surface area contributed by atoms with Gasteiger partial charge in [-0.3, -0.25) is 0 Å². The number of carboxylic acid groups (broad SMARTS) is 1. The van der Waals surface area contributed by atoms with Crippen LogP contribution in [0, 0.1) is 6.92 Å². The van der Waals surface area contributed by atoms with Crippen molar-refractivity contribution in [2.75, 3.05) is 13.2 Å². The fraction of sp³-hybridized carbons (Fsp3) is 0.500. The molecule has 0 spiro atoms. The summed E-state index contributed by atoms with van der Waals surface area (Å²) in [6.45, 7) is 5.48. The predicted octanol–water partition coefficient (Wildman–Crippen LogP) is 1.46. The number of hydrogen-bond donors (Lipinski definition) is 3. The summed E-state index contributed by atoms with van der Waals surface area (Å²) >= 11 is 0. The molecule has 0 bridgehead atoms. The monoisotopic (exact) mass is 270 g/mol. The molecule has 0 saturated carbocycles. The minimum atomic E-state index is -0.863. The number of hydrogen-bond acceptors (Lipinski definition) is 4. The highest BCUT2D eigenvalue weighted by Crippen LogP contribution is 2.05. The zero-order valence-corrected chi connectivity index (χ0v) is 11.5.